The van der Waals surface area contributed by atoms with Gasteiger partial charge in [-0.15, -0.1) is 0 Å². The van der Waals surface area contributed by atoms with Gasteiger partial charge in [0, 0.05) is 6.92 Å². The van der Waals surface area contributed by atoms with Crippen LogP contribution in [0.4, 0.5) is 13.2 Å². The van der Waals surface area contributed by atoms with Crippen LogP contribution in [-0.4, -0.2) is 30.8 Å². The van der Waals surface area contributed by atoms with Gasteiger partial charge in [0.1, 0.15) is 11.5 Å². The van der Waals surface area contributed by atoms with Gasteiger partial charge >= 0.3 is 7.12 Å². The van der Waals surface area contributed by atoms with Crippen molar-refractivity contribution in [2.24, 2.45) is 0 Å². The van der Waals surface area contributed by atoms with Crippen LogP contribution in [0, 0.1) is 0 Å². The van der Waals surface area contributed by atoms with Gasteiger partial charge in [0.15, 0.2) is 6.61 Å². The lowest BCUT2D eigenvalue weighted by atomic mass is 9.87. The summed E-state index contributed by atoms with van der Waals surface area (Å²) in [5.74, 6) is -2.61. The molecule has 2 rings (SSSR count). The molecule has 24 heavy (non-hydrogen) atoms. The van der Waals surface area contributed by atoms with Crippen molar-refractivity contribution in [3.63, 3.8) is 0 Å². The Kier molecular flexibility index (Phi) is 5.07. The molecule has 132 valence electrons. The maximum absolute atomic E-state index is 14.4. The van der Waals surface area contributed by atoms with E-state index in [0.29, 0.717) is 11.3 Å². The fraction of sp³-hybridized carbons (Fsp3) is 0.529. The zero-order chi connectivity index (χ0) is 18.2. The van der Waals surface area contributed by atoms with E-state index in [-0.39, 0.29) is 0 Å². The van der Waals surface area contributed by atoms with Crippen LogP contribution in [0.25, 0.3) is 6.08 Å². The molecule has 0 aliphatic carbocycles. The summed E-state index contributed by atoms with van der Waals surface area (Å²) in [4.78, 5) is 0. The summed E-state index contributed by atoms with van der Waals surface area (Å²) in [7, 11) is -1.07. The van der Waals surface area contributed by atoms with Crippen LogP contribution < -0.4 is 4.74 Å². The average Bonchev–Trinajstić information content (AvgIpc) is 2.66. The van der Waals surface area contributed by atoms with Crippen LogP contribution in [0.5, 0.6) is 5.75 Å². The third kappa shape index (κ3) is 4.54. The maximum Gasteiger partial charge on any atom is 0.525 e. The molecule has 0 saturated carbocycles. The van der Waals surface area contributed by atoms with E-state index < -0.39 is 36.6 Å². The third-order valence-electron chi connectivity index (χ3n) is 4.16. The standard InChI is InChI=1S/C17H22BF3O3/c1-15(2)16(3,4)24-18(23-15)14(19)10-12-6-8-13(9-7-12)22-11-17(5,20)21/h6-10H,11H2,1-5H3. The van der Waals surface area contributed by atoms with Crippen molar-refractivity contribution in [3.05, 3.63) is 35.6 Å². The second-order valence-electron chi connectivity index (χ2n) is 7.05. The molecular formula is C17H22BF3O3. The summed E-state index contributed by atoms with van der Waals surface area (Å²) in [5, 5.41) is 0. The van der Waals surface area contributed by atoms with E-state index in [1.807, 2.05) is 27.7 Å². The molecule has 1 heterocycles. The number of hydrogen-bond donors (Lipinski definition) is 0. The first-order chi connectivity index (χ1) is 10.9. The molecular weight excluding hydrogens is 320 g/mol. The predicted octanol–water partition coefficient (Wildman–Crippen LogP) is 4.66. The molecule has 0 bridgehead atoms. The highest BCUT2D eigenvalue weighted by molar-refractivity contribution is 6.54. The minimum absolute atomic E-state index is 0.296. The van der Waals surface area contributed by atoms with Crippen LogP contribution >= 0.6 is 0 Å². The maximum atomic E-state index is 14.4. The van der Waals surface area contributed by atoms with Gasteiger partial charge in [0.2, 0.25) is 0 Å². The minimum atomic E-state index is -2.90. The van der Waals surface area contributed by atoms with Gasteiger partial charge < -0.3 is 14.0 Å². The summed E-state index contributed by atoms with van der Waals surface area (Å²) in [6.07, 6.45) is 1.29. The van der Waals surface area contributed by atoms with Crippen molar-refractivity contribution in [1.82, 2.24) is 0 Å². The molecule has 1 aliphatic heterocycles. The molecule has 0 aromatic heterocycles. The predicted molar refractivity (Wildman–Crippen MR) is 87.7 cm³/mol. The van der Waals surface area contributed by atoms with Crippen LogP contribution in [-0.2, 0) is 9.31 Å². The molecule has 0 amide bonds. The van der Waals surface area contributed by atoms with E-state index in [9.17, 15) is 13.2 Å². The highest BCUT2D eigenvalue weighted by atomic mass is 19.3. The molecule has 7 heteroatoms. The van der Waals surface area contributed by atoms with E-state index in [4.69, 9.17) is 14.0 Å². The van der Waals surface area contributed by atoms with Gasteiger partial charge in [0.25, 0.3) is 5.92 Å². The molecule has 1 aliphatic rings. The molecule has 0 radical (unpaired) electrons. The van der Waals surface area contributed by atoms with Crippen molar-refractivity contribution in [1.29, 1.82) is 0 Å². The quantitative estimate of drug-likeness (QED) is 0.729. The number of benzene rings is 1. The molecule has 0 spiro atoms. The van der Waals surface area contributed by atoms with E-state index >= 15 is 0 Å². The van der Waals surface area contributed by atoms with E-state index in [0.717, 1.165) is 6.92 Å². The highest BCUT2D eigenvalue weighted by Gasteiger charge is 2.53. The zero-order valence-electron chi connectivity index (χ0n) is 14.5. The monoisotopic (exact) mass is 342 g/mol. The number of hydrogen-bond acceptors (Lipinski definition) is 3. The summed E-state index contributed by atoms with van der Waals surface area (Å²) in [6.45, 7) is 7.45. The SMILES string of the molecule is CC(F)(F)COc1ccc(C=C(F)B2OC(C)(C)C(C)(C)O2)cc1. The smallest absolute Gasteiger partial charge is 0.487 e. The Balaban J connectivity index is 2.04. The van der Waals surface area contributed by atoms with Crippen molar-refractivity contribution >= 4 is 13.2 Å². The fourth-order valence-electron chi connectivity index (χ4n) is 2.05. The van der Waals surface area contributed by atoms with Gasteiger partial charge in [-0.1, -0.05) is 12.1 Å². The molecule has 1 aromatic carbocycles. The van der Waals surface area contributed by atoms with Crippen LogP contribution in [0.3, 0.4) is 0 Å². The minimum Gasteiger partial charge on any atom is -0.487 e. The van der Waals surface area contributed by atoms with Crippen LogP contribution in [0.2, 0.25) is 0 Å². The molecule has 0 unspecified atom stereocenters. The molecule has 0 atom stereocenters. The Morgan fingerprint density at radius 1 is 1.12 bits per heavy atom. The number of halogens is 3. The second kappa shape index (κ2) is 6.45. The van der Waals surface area contributed by atoms with Crippen LogP contribution in [0.1, 0.15) is 40.2 Å². The Hall–Kier alpha value is -1.47. The summed E-state index contributed by atoms with van der Waals surface area (Å²) in [6, 6.07) is 6.17. The van der Waals surface area contributed by atoms with Gasteiger partial charge in [-0.05, 0) is 51.5 Å². The summed E-state index contributed by atoms with van der Waals surface area (Å²) >= 11 is 0. The number of ether oxygens (including phenoxy) is 1. The van der Waals surface area contributed by atoms with Crippen molar-refractivity contribution in [2.75, 3.05) is 6.61 Å². The Labute approximate surface area is 140 Å². The average molecular weight is 342 g/mol. The van der Waals surface area contributed by atoms with Gasteiger partial charge in [-0.3, -0.25) is 0 Å². The summed E-state index contributed by atoms with van der Waals surface area (Å²) < 4.78 is 56.1. The van der Waals surface area contributed by atoms with Gasteiger partial charge in [-0.25, -0.2) is 13.2 Å². The molecule has 3 nitrogen and oxygen atoms in total. The Bertz CT molecular complexity index is 591. The first-order valence-electron chi connectivity index (χ1n) is 7.73. The molecule has 1 aromatic rings. The zero-order valence-corrected chi connectivity index (χ0v) is 14.5. The van der Waals surface area contributed by atoms with Crippen LogP contribution in [0.15, 0.2) is 30.0 Å². The third-order valence-corrected chi connectivity index (χ3v) is 4.16. The van der Waals surface area contributed by atoms with Gasteiger partial charge in [-0.2, -0.15) is 0 Å². The lowest BCUT2D eigenvalue weighted by Gasteiger charge is -2.32. The first kappa shape index (κ1) is 18.9. The van der Waals surface area contributed by atoms with Gasteiger partial charge in [0.05, 0.1) is 11.2 Å². The lowest BCUT2D eigenvalue weighted by molar-refractivity contribution is -0.0229. The van der Waals surface area contributed by atoms with E-state index in [1.165, 1.54) is 18.2 Å². The molecule has 1 fully saturated rings. The largest absolute Gasteiger partial charge is 0.525 e. The van der Waals surface area contributed by atoms with E-state index in [1.54, 1.807) is 12.1 Å². The Morgan fingerprint density at radius 2 is 1.62 bits per heavy atom. The molecule has 1 saturated heterocycles. The normalized spacial score (nSPS) is 20.3. The molecule has 0 N–H and O–H groups in total. The number of rotatable bonds is 5. The van der Waals surface area contributed by atoms with Crippen molar-refractivity contribution in [2.45, 2.75) is 51.7 Å². The Morgan fingerprint density at radius 3 is 2.08 bits per heavy atom. The number of alkyl halides is 2. The topological polar surface area (TPSA) is 27.7 Å². The van der Waals surface area contributed by atoms with E-state index in [2.05, 4.69) is 0 Å². The second-order valence-corrected chi connectivity index (χ2v) is 7.05. The van der Waals surface area contributed by atoms with Crippen molar-refractivity contribution < 1.29 is 27.2 Å². The lowest BCUT2D eigenvalue weighted by Crippen LogP contribution is -2.41. The highest BCUT2D eigenvalue weighted by Crippen LogP contribution is 2.39. The van der Waals surface area contributed by atoms with Crippen molar-refractivity contribution in [3.8, 4) is 5.75 Å². The fourth-order valence-corrected chi connectivity index (χ4v) is 2.05. The summed E-state index contributed by atoms with van der Waals surface area (Å²) in [5.41, 5.74) is -1.24. The first-order valence-corrected chi connectivity index (χ1v) is 7.73.